The Balaban J connectivity index is 3.13. The van der Waals surface area contributed by atoms with Gasteiger partial charge in [0.2, 0.25) is 0 Å². The van der Waals surface area contributed by atoms with E-state index in [0.29, 0.717) is 0 Å². The van der Waals surface area contributed by atoms with Gasteiger partial charge in [-0.25, -0.2) is 0 Å². The smallest absolute Gasteiger partial charge is 0.116 e. The molecule has 0 bridgehead atoms. The first-order chi connectivity index (χ1) is 6.94. The number of hydrogen-bond donors (Lipinski definition) is 1. The zero-order chi connectivity index (χ0) is 11.6. The van der Waals surface area contributed by atoms with Crippen LogP contribution in [0.15, 0.2) is 10.7 Å². The molecular weight excluding hydrogens is 238 g/mol. The summed E-state index contributed by atoms with van der Waals surface area (Å²) in [5.41, 5.74) is 2.40. The van der Waals surface area contributed by atoms with Crippen LogP contribution in [-0.4, -0.2) is 8.07 Å². The standard InChI is InChI=1S/C11H23NS2Si/c1-8(2)15(9(3)4,10(5)6)11-7-13-14-12-11/h7-10,12H,1-6H3. The van der Waals surface area contributed by atoms with E-state index in [1.54, 1.807) is 16.3 Å². The number of nitrogens with one attached hydrogen (secondary N) is 1. The summed E-state index contributed by atoms with van der Waals surface area (Å²) >= 11 is 0. The molecule has 1 heterocycles. The normalized spacial score (nSPS) is 17.5. The highest BCUT2D eigenvalue weighted by atomic mass is 33.1. The van der Waals surface area contributed by atoms with Gasteiger partial charge in [0, 0.05) is 16.3 Å². The average Bonchev–Trinajstić information content (AvgIpc) is 2.55. The molecule has 4 heteroatoms. The maximum Gasteiger partial charge on any atom is 0.116 e. The monoisotopic (exact) mass is 261 g/mol. The Morgan fingerprint density at radius 1 is 1.00 bits per heavy atom. The first kappa shape index (κ1) is 13.5. The maximum atomic E-state index is 3.54. The predicted octanol–water partition coefficient (Wildman–Crippen LogP) is 4.95. The lowest BCUT2D eigenvalue weighted by atomic mass is 10.5. The summed E-state index contributed by atoms with van der Waals surface area (Å²) in [7, 11) is 2.22. The van der Waals surface area contributed by atoms with E-state index < -0.39 is 8.07 Å². The lowest BCUT2D eigenvalue weighted by molar-refractivity contribution is 0.818. The SMILES string of the molecule is CC(C)[Si](C1=CSSN1)(C(C)C)C(C)C. The van der Waals surface area contributed by atoms with Crippen LogP contribution in [0.25, 0.3) is 0 Å². The van der Waals surface area contributed by atoms with Crippen LogP contribution in [0.4, 0.5) is 0 Å². The van der Waals surface area contributed by atoms with Crippen LogP contribution in [-0.2, 0) is 0 Å². The van der Waals surface area contributed by atoms with Gasteiger partial charge in [0.15, 0.2) is 0 Å². The second kappa shape index (κ2) is 5.19. The maximum absolute atomic E-state index is 3.54. The first-order valence-electron chi connectivity index (χ1n) is 5.73. The van der Waals surface area contributed by atoms with Crippen LogP contribution in [0.5, 0.6) is 0 Å². The summed E-state index contributed by atoms with van der Waals surface area (Å²) in [6.07, 6.45) is 0. The van der Waals surface area contributed by atoms with Crippen molar-refractivity contribution in [2.75, 3.05) is 0 Å². The molecular formula is C11H23NS2Si. The summed E-state index contributed by atoms with van der Waals surface area (Å²) in [5.74, 6) is 0. The van der Waals surface area contributed by atoms with Crippen LogP contribution in [0, 0.1) is 0 Å². The van der Waals surface area contributed by atoms with E-state index in [9.17, 15) is 0 Å². The van der Waals surface area contributed by atoms with Crippen molar-refractivity contribution in [2.24, 2.45) is 0 Å². The van der Waals surface area contributed by atoms with Crippen LogP contribution in [0.2, 0.25) is 16.6 Å². The molecule has 0 radical (unpaired) electrons. The fourth-order valence-corrected chi connectivity index (χ4v) is 12.8. The van der Waals surface area contributed by atoms with Gasteiger partial charge < -0.3 is 4.72 Å². The summed E-state index contributed by atoms with van der Waals surface area (Å²) in [6, 6.07) is 0. The zero-order valence-corrected chi connectivity index (χ0v) is 13.3. The molecule has 15 heavy (non-hydrogen) atoms. The molecule has 1 N–H and O–H groups in total. The van der Waals surface area contributed by atoms with Gasteiger partial charge in [0.1, 0.15) is 8.07 Å². The molecule has 0 aromatic rings. The van der Waals surface area contributed by atoms with Crippen molar-refractivity contribution in [3.05, 3.63) is 10.7 Å². The number of rotatable bonds is 4. The van der Waals surface area contributed by atoms with E-state index in [1.807, 2.05) is 10.8 Å². The van der Waals surface area contributed by atoms with Crippen molar-refractivity contribution in [2.45, 2.75) is 58.2 Å². The fraction of sp³-hybridized carbons (Fsp3) is 0.818. The lowest BCUT2D eigenvalue weighted by Gasteiger charge is -2.43. The van der Waals surface area contributed by atoms with E-state index >= 15 is 0 Å². The van der Waals surface area contributed by atoms with E-state index in [4.69, 9.17) is 0 Å². The highest BCUT2D eigenvalue weighted by molar-refractivity contribution is 8.77. The Kier molecular flexibility index (Phi) is 4.68. The van der Waals surface area contributed by atoms with Gasteiger partial charge in [-0.1, -0.05) is 41.5 Å². The second-order valence-corrected chi connectivity index (χ2v) is 13.0. The average molecular weight is 262 g/mol. The Morgan fingerprint density at radius 3 is 1.73 bits per heavy atom. The van der Waals surface area contributed by atoms with Crippen LogP contribution in [0.1, 0.15) is 41.5 Å². The van der Waals surface area contributed by atoms with Crippen LogP contribution >= 0.6 is 21.8 Å². The summed E-state index contributed by atoms with van der Waals surface area (Å²) in [4.78, 5) is 0. The predicted molar refractivity (Wildman–Crippen MR) is 77.4 cm³/mol. The molecule has 1 rings (SSSR count). The molecule has 0 saturated heterocycles. The van der Waals surface area contributed by atoms with Crippen molar-refractivity contribution in [1.29, 1.82) is 0 Å². The van der Waals surface area contributed by atoms with Crippen molar-refractivity contribution in [3.63, 3.8) is 0 Å². The molecule has 0 atom stereocenters. The topological polar surface area (TPSA) is 12.0 Å². The molecule has 0 saturated carbocycles. The third-order valence-corrected chi connectivity index (χ3v) is 12.6. The molecule has 0 amide bonds. The molecule has 0 fully saturated rings. The third kappa shape index (κ3) is 2.27. The Labute approximate surface area is 103 Å². The molecule has 1 aliphatic rings. The summed E-state index contributed by atoms with van der Waals surface area (Å²) < 4.78 is 3.54. The van der Waals surface area contributed by atoms with Gasteiger partial charge in [0.25, 0.3) is 0 Å². The van der Waals surface area contributed by atoms with Crippen molar-refractivity contribution >= 4 is 29.8 Å². The van der Waals surface area contributed by atoms with Gasteiger partial charge in [0.05, 0.1) is 0 Å². The molecule has 0 aromatic carbocycles. The highest BCUT2D eigenvalue weighted by Gasteiger charge is 2.47. The van der Waals surface area contributed by atoms with Gasteiger partial charge >= 0.3 is 0 Å². The highest BCUT2D eigenvalue weighted by Crippen LogP contribution is 2.49. The molecule has 0 aromatic heterocycles. The molecule has 0 unspecified atom stereocenters. The molecule has 0 aliphatic carbocycles. The van der Waals surface area contributed by atoms with E-state index in [1.165, 1.54) is 0 Å². The quantitative estimate of drug-likeness (QED) is 0.437. The molecule has 88 valence electrons. The Hall–Kier alpha value is 0.457. The van der Waals surface area contributed by atoms with E-state index in [-0.39, 0.29) is 0 Å². The van der Waals surface area contributed by atoms with Crippen LogP contribution < -0.4 is 4.72 Å². The van der Waals surface area contributed by atoms with Crippen molar-refractivity contribution in [1.82, 2.24) is 4.72 Å². The van der Waals surface area contributed by atoms with Crippen molar-refractivity contribution in [3.8, 4) is 0 Å². The van der Waals surface area contributed by atoms with E-state index in [2.05, 4.69) is 51.7 Å². The summed E-state index contributed by atoms with van der Waals surface area (Å²) in [5, 5.41) is 3.93. The molecule has 1 aliphatic heterocycles. The molecule has 0 spiro atoms. The van der Waals surface area contributed by atoms with Crippen LogP contribution in [0.3, 0.4) is 0 Å². The largest absolute Gasteiger partial charge is 0.328 e. The first-order valence-corrected chi connectivity index (χ1v) is 10.2. The van der Waals surface area contributed by atoms with Crippen molar-refractivity contribution < 1.29 is 0 Å². The summed E-state index contributed by atoms with van der Waals surface area (Å²) in [6.45, 7) is 14.4. The Morgan fingerprint density at radius 2 is 1.47 bits per heavy atom. The lowest BCUT2D eigenvalue weighted by Crippen LogP contribution is -2.49. The Bertz CT molecular complexity index is 227. The van der Waals surface area contributed by atoms with Gasteiger partial charge in [-0.2, -0.15) is 0 Å². The van der Waals surface area contributed by atoms with Gasteiger partial charge in [-0.05, 0) is 32.8 Å². The van der Waals surface area contributed by atoms with E-state index in [0.717, 1.165) is 16.6 Å². The fourth-order valence-electron chi connectivity index (χ4n) is 3.29. The van der Waals surface area contributed by atoms with Gasteiger partial charge in [-0.15, -0.1) is 0 Å². The second-order valence-electron chi connectivity index (χ2n) is 5.21. The minimum absolute atomic E-state index is 0.801. The number of hydrogen-bond acceptors (Lipinski definition) is 3. The molecule has 1 nitrogen and oxygen atoms in total. The third-order valence-electron chi connectivity index (χ3n) is 3.70. The van der Waals surface area contributed by atoms with Gasteiger partial charge in [-0.3, -0.25) is 0 Å². The zero-order valence-electron chi connectivity index (χ0n) is 10.6. The minimum Gasteiger partial charge on any atom is -0.328 e. The minimum atomic E-state index is -1.39.